The maximum atomic E-state index is 12.4. The van der Waals surface area contributed by atoms with E-state index in [1.165, 1.54) is 5.39 Å². The molecule has 3 aromatic rings. The highest BCUT2D eigenvalue weighted by Crippen LogP contribution is 2.20. The van der Waals surface area contributed by atoms with Crippen LogP contribution in [0.15, 0.2) is 60.8 Å². The van der Waals surface area contributed by atoms with Crippen LogP contribution in [0, 0.1) is 0 Å². The molecule has 3 nitrogen and oxygen atoms in total. The van der Waals surface area contributed by atoms with Crippen molar-refractivity contribution in [2.45, 2.75) is 6.42 Å². The normalized spacial score (nSPS) is 10.5. The van der Waals surface area contributed by atoms with Crippen LogP contribution in [-0.4, -0.2) is 17.9 Å². The van der Waals surface area contributed by atoms with Crippen molar-refractivity contribution in [1.82, 2.24) is 4.98 Å². The maximum Gasteiger partial charge on any atom is 0.189 e. The molecular weight excluding hydrogens is 262 g/mol. The highest BCUT2D eigenvalue weighted by atomic mass is 16.5. The van der Waals surface area contributed by atoms with Crippen LogP contribution in [0.3, 0.4) is 0 Å². The first-order valence-electron chi connectivity index (χ1n) is 6.78. The van der Waals surface area contributed by atoms with Gasteiger partial charge in [-0.2, -0.15) is 0 Å². The molecule has 3 heteroatoms. The van der Waals surface area contributed by atoms with Gasteiger partial charge < -0.3 is 4.74 Å². The average molecular weight is 277 g/mol. The van der Waals surface area contributed by atoms with Crippen molar-refractivity contribution in [3.8, 4) is 5.75 Å². The number of nitrogens with zero attached hydrogens (tertiary/aromatic N) is 1. The maximum absolute atomic E-state index is 12.4. The van der Waals surface area contributed by atoms with Crippen molar-refractivity contribution in [2.75, 3.05) is 7.11 Å². The molecule has 0 radical (unpaired) electrons. The first kappa shape index (κ1) is 13.3. The Hall–Kier alpha value is -2.68. The number of aromatic nitrogens is 1. The van der Waals surface area contributed by atoms with Gasteiger partial charge in [0, 0.05) is 12.6 Å². The van der Waals surface area contributed by atoms with Crippen molar-refractivity contribution in [2.24, 2.45) is 0 Å². The molecule has 0 fully saturated rings. The van der Waals surface area contributed by atoms with Crippen molar-refractivity contribution in [3.63, 3.8) is 0 Å². The molecule has 0 aliphatic rings. The lowest BCUT2D eigenvalue weighted by Gasteiger charge is -2.07. The fraction of sp³-hybridized carbons (Fsp3) is 0.111. The number of ether oxygens (including phenoxy) is 1. The summed E-state index contributed by atoms with van der Waals surface area (Å²) in [5.41, 5.74) is 1.36. The minimum atomic E-state index is -0.0391. The summed E-state index contributed by atoms with van der Waals surface area (Å²) in [4.78, 5) is 16.5. The second-order valence-corrected chi connectivity index (χ2v) is 4.84. The monoisotopic (exact) mass is 277 g/mol. The van der Waals surface area contributed by atoms with E-state index in [4.69, 9.17) is 4.74 Å². The minimum Gasteiger partial charge on any atom is -0.494 e. The largest absolute Gasteiger partial charge is 0.494 e. The van der Waals surface area contributed by atoms with Crippen molar-refractivity contribution < 1.29 is 9.53 Å². The number of pyridine rings is 1. The Labute approximate surface area is 123 Å². The Kier molecular flexibility index (Phi) is 3.65. The van der Waals surface area contributed by atoms with Gasteiger partial charge in [0.05, 0.1) is 7.11 Å². The Balaban J connectivity index is 1.89. The van der Waals surface area contributed by atoms with E-state index in [0.29, 0.717) is 17.9 Å². The second-order valence-electron chi connectivity index (χ2n) is 4.84. The van der Waals surface area contributed by atoms with Crippen molar-refractivity contribution in [1.29, 1.82) is 0 Å². The molecule has 0 spiro atoms. The predicted octanol–water partition coefficient (Wildman–Crippen LogP) is 3.67. The number of Topliss-reactive ketones (excluding diaryl/α,β-unsaturated/α-hetero) is 1. The summed E-state index contributed by atoms with van der Waals surface area (Å²) in [6.45, 7) is 0. The number of rotatable bonds is 4. The minimum absolute atomic E-state index is 0.0391. The van der Waals surface area contributed by atoms with Gasteiger partial charge in [0.15, 0.2) is 5.78 Å². The first-order valence-corrected chi connectivity index (χ1v) is 6.78. The van der Waals surface area contributed by atoms with Gasteiger partial charge in [-0.05, 0) is 28.5 Å². The number of fused-ring (bicyclic) bond motifs is 1. The van der Waals surface area contributed by atoms with E-state index in [2.05, 4.69) is 11.1 Å². The van der Waals surface area contributed by atoms with E-state index < -0.39 is 0 Å². The molecule has 0 amide bonds. The zero-order valence-corrected chi connectivity index (χ0v) is 11.7. The lowest BCUT2D eigenvalue weighted by Crippen LogP contribution is -2.08. The fourth-order valence-electron chi connectivity index (χ4n) is 2.38. The van der Waals surface area contributed by atoms with E-state index in [-0.39, 0.29) is 5.78 Å². The molecule has 0 saturated heterocycles. The first-order chi connectivity index (χ1) is 10.3. The van der Waals surface area contributed by atoms with Crippen LogP contribution in [0.2, 0.25) is 0 Å². The number of carbonyl (C=O) groups is 1. The van der Waals surface area contributed by atoms with E-state index in [1.807, 2.05) is 36.4 Å². The Morgan fingerprint density at radius 2 is 1.86 bits per heavy atom. The summed E-state index contributed by atoms with van der Waals surface area (Å²) in [5, 5.41) is 2.31. The van der Waals surface area contributed by atoms with Crippen LogP contribution < -0.4 is 4.74 Å². The Bertz CT molecular complexity index is 796. The number of methoxy groups -OCH3 is 1. The molecule has 0 saturated carbocycles. The van der Waals surface area contributed by atoms with Crippen molar-refractivity contribution >= 4 is 16.6 Å². The van der Waals surface area contributed by atoms with E-state index >= 15 is 0 Å². The molecule has 0 aliphatic carbocycles. The molecule has 104 valence electrons. The van der Waals surface area contributed by atoms with Gasteiger partial charge in [-0.3, -0.25) is 4.79 Å². The molecular formula is C18H15NO2. The van der Waals surface area contributed by atoms with Gasteiger partial charge in [-0.25, -0.2) is 4.98 Å². The summed E-state index contributed by atoms with van der Waals surface area (Å²) >= 11 is 0. The van der Waals surface area contributed by atoms with Crippen LogP contribution in [0.1, 0.15) is 16.1 Å². The molecule has 0 unspecified atom stereocenters. The third kappa shape index (κ3) is 2.77. The van der Waals surface area contributed by atoms with Gasteiger partial charge in [0.1, 0.15) is 11.4 Å². The third-order valence-corrected chi connectivity index (χ3v) is 3.43. The highest BCUT2D eigenvalue weighted by molar-refractivity contribution is 5.98. The molecule has 1 aromatic heterocycles. The standard InChI is InChI=1S/C18H15NO2/c1-21-17-7-4-10-19-18(17)16(20)12-13-8-9-14-5-2-3-6-15(14)11-13/h2-11H,12H2,1H3. The molecule has 1 heterocycles. The van der Waals surface area contributed by atoms with E-state index in [1.54, 1.807) is 25.4 Å². The quantitative estimate of drug-likeness (QED) is 0.683. The van der Waals surface area contributed by atoms with Crippen LogP contribution in [0.5, 0.6) is 5.75 Å². The molecule has 0 N–H and O–H groups in total. The number of carbonyl (C=O) groups excluding carboxylic acids is 1. The van der Waals surface area contributed by atoms with E-state index in [0.717, 1.165) is 10.9 Å². The van der Waals surface area contributed by atoms with Crippen molar-refractivity contribution in [3.05, 3.63) is 72.1 Å². The molecule has 2 aromatic carbocycles. The second kappa shape index (κ2) is 5.75. The number of hydrogen-bond donors (Lipinski definition) is 0. The summed E-state index contributed by atoms with van der Waals surface area (Å²) in [6.07, 6.45) is 1.92. The molecule has 0 bridgehead atoms. The van der Waals surface area contributed by atoms with E-state index in [9.17, 15) is 4.79 Å². The van der Waals surface area contributed by atoms with Gasteiger partial charge in [-0.1, -0.05) is 42.5 Å². The smallest absolute Gasteiger partial charge is 0.189 e. The van der Waals surface area contributed by atoms with Crippen LogP contribution in [0.4, 0.5) is 0 Å². The number of ketones is 1. The molecule has 21 heavy (non-hydrogen) atoms. The summed E-state index contributed by atoms with van der Waals surface area (Å²) in [7, 11) is 1.55. The Morgan fingerprint density at radius 1 is 1.05 bits per heavy atom. The SMILES string of the molecule is COc1cccnc1C(=O)Cc1ccc2ccccc2c1. The topological polar surface area (TPSA) is 39.2 Å². The number of benzene rings is 2. The fourth-order valence-corrected chi connectivity index (χ4v) is 2.38. The summed E-state index contributed by atoms with van der Waals surface area (Å²) in [5.74, 6) is 0.478. The predicted molar refractivity (Wildman–Crippen MR) is 82.8 cm³/mol. The van der Waals surface area contributed by atoms with Gasteiger partial charge in [0.25, 0.3) is 0 Å². The van der Waals surface area contributed by atoms with Gasteiger partial charge >= 0.3 is 0 Å². The van der Waals surface area contributed by atoms with Gasteiger partial charge in [-0.15, -0.1) is 0 Å². The lowest BCUT2D eigenvalue weighted by atomic mass is 10.0. The zero-order chi connectivity index (χ0) is 14.7. The van der Waals surface area contributed by atoms with Gasteiger partial charge in [0.2, 0.25) is 0 Å². The highest BCUT2D eigenvalue weighted by Gasteiger charge is 2.14. The summed E-state index contributed by atoms with van der Waals surface area (Å²) in [6, 6.07) is 17.7. The molecule has 3 rings (SSSR count). The van der Waals surface area contributed by atoms with Crippen LogP contribution >= 0.6 is 0 Å². The number of hydrogen-bond acceptors (Lipinski definition) is 3. The average Bonchev–Trinajstić information content (AvgIpc) is 2.54. The van der Waals surface area contributed by atoms with Crippen LogP contribution in [0.25, 0.3) is 10.8 Å². The van der Waals surface area contributed by atoms with Crippen LogP contribution in [-0.2, 0) is 6.42 Å². The third-order valence-electron chi connectivity index (χ3n) is 3.43. The molecule has 0 aliphatic heterocycles. The molecule has 0 atom stereocenters. The zero-order valence-electron chi connectivity index (χ0n) is 11.7. The lowest BCUT2D eigenvalue weighted by molar-refractivity contribution is 0.0985. The summed E-state index contributed by atoms with van der Waals surface area (Å²) < 4.78 is 5.19. The Morgan fingerprint density at radius 3 is 2.67 bits per heavy atom.